The molecule has 1 aliphatic heterocycles. The van der Waals surface area contributed by atoms with Crippen LogP contribution in [-0.4, -0.2) is 47.0 Å². The summed E-state index contributed by atoms with van der Waals surface area (Å²) >= 11 is 1.42. The van der Waals surface area contributed by atoms with Crippen molar-refractivity contribution < 1.29 is 18.0 Å². The van der Waals surface area contributed by atoms with Gasteiger partial charge in [0.25, 0.3) is 0 Å². The van der Waals surface area contributed by atoms with Crippen molar-refractivity contribution in [3.05, 3.63) is 29.3 Å². The molecule has 3 rings (SSSR count). The van der Waals surface area contributed by atoms with E-state index in [0.29, 0.717) is 37.6 Å². The van der Waals surface area contributed by atoms with Crippen molar-refractivity contribution in [2.75, 3.05) is 31.1 Å². The summed E-state index contributed by atoms with van der Waals surface area (Å²) in [4.78, 5) is 23.5. The molecule has 1 saturated heterocycles. The third-order valence-corrected chi connectivity index (χ3v) is 4.74. The molecule has 24 heavy (non-hydrogen) atoms. The van der Waals surface area contributed by atoms with Crippen LogP contribution >= 0.6 is 11.3 Å². The molecule has 0 spiro atoms. The fraction of sp³-hybridized carbons (Fsp3) is 0.400. The third-order valence-electron chi connectivity index (χ3n) is 3.84. The largest absolute Gasteiger partial charge is 0.417 e. The van der Waals surface area contributed by atoms with E-state index >= 15 is 0 Å². The van der Waals surface area contributed by atoms with Crippen molar-refractivity contribution in [3.8, 4) is 11.4 Å². The third kappa shape index (κ3) is 3.50. The van der Waals surface area contributed by atoms with E-state index in [1.165, 1.54) is 17.4 Å². The van der Waals surface area contributed by atoms with Gasteiger partial charge < -0.3 is 9.80 Å². The Bertz CT molecular complexity index is 721. The molecule has 3 heterocycles. The molecular formula is C15H15F3N4OS. The van der Waals surface area contributed by atoms with Gasteiger partial charge in [-0.3, -0.25) is 9.78 Å². The number of nitrogens with zero attached hydrogens (tertiary/aromatic N) is 4. The number of hydrogen-bond donors (Lipinski definition) is 0. The first kappa shape index (κ1) is 16.7. The van der Waals surface area contributed by atoms with Crippen molar-refractivity contribution >= 4 is 22.4 Å². The second kappa shape index (κ2) is 6.39. The summed E-state index contributed by atoms with van der Waals surface area (Å²) in [5, 5.41) is 2.57. The maximum Gasteiger partial charge on any atom is 0.417 e. The summed E-state index contributed by atoms with van der Waals surface area (Å²) in [6.45, 7) is 4.21. The minimum atomic E-state index is -4.39. The van der Waals surface area contributed by atoms with Crippen LogP contribution in [0.2, 0.25) is 0 Å². The normalized spacial score (nSPS) is 15.7. The smallest absolute Gasteiger partial charge is 0.345 e. The maximum absolute atomic E-state index is 12.6. The van der Waals surface area contributed by atoms with Gasteiger partial charge in [0.1, 0.15) is 5.69 Å². The molecule has 0 saturated carbocycles. The predicted octanol–water partition coefficient (Wildman–Crippen LogP) is 2.89. The lowest BCUT2D eigenvalue weighted by Crippen LogP contribution is -2.48. The summed E-state index contributed by atoms with van der Waals surface area (Å²) < 4.78 is 37.7. The topological polar surface area (TPSA) is 49.3 Å². The average Bonchev–Trinajstić information content (AvgIpc) is 3.04. The molecule has 1 aliphatic rings. The first-order chi connectivity index (χ1) is 11.3. The van der Waals surface area contributed by atoms with Crippen LogP contribution in [0.5, 0.6) is 0 Å². The minimum absolute atomic E-state index is 0.0587. The van der Waals surface area contributed by atoms with Crippen molar-refractivity contribution in [2.24, 2.45) is 0 Å². The van der Waals surface area contributed by atoms with Crippen molar-refractivity contribution in [3.63, 3.8) is 0 Å². The van der Waals surface area contributed by atoms with Crippen LogP contribution in [0, 0.1) is 0 Å². The highest BCUT2D eigenvalue weighted by Gasteiger charge is 2.30. The Morgan fingerprint density at radius 1 is 1.17 bits per heavy atom. The maximum atomic E-state index is 12.6. The zero-order valence-electron chi connectivity index (χ0n) is 12.9. The number of alkyl halides is 3. The molecule has 0 aliphatic carbocycles. The second-order valence-corrected chi connectivity index (χ2v) is 6.27. The number of anilines is 1. The minimum Gasteiger partial charge on any atom is -0.345 e. The van der Waals surface area contributed by atoms with Gasteiger partial charge in [0.15, 0.2) is 5.13 Å². The van der Waals surface area contributed by atoms with Gasteiger partial charge in [0, 0.05) is 44.7 Å². The first-order valence-electron chi connectivity index (χ1n) is 7.34. The van der Waals surface area contributed by atoms with Crippen LogP contribution in [0.15, 0.2) is 23.7 Å². The molecule has 128 valence electrons. The lowest BCUT2D eigenvalue weighted by molar-refractivity contribution is -0.137. The summed E-state index contributed by atoms with van der Waals surface area (Å²) in [5.41, 5.74) is 0.188. The van der Waals surface area contributed by atoms with Crippen LogP contribution < -0.4 is 4.90 Å². The van der Waals surface area contributed by atoms with E-state index in [-0.39, 0.29) is 5.91 Å². The molecule has 2 aromatic heterocycles. The van der Waals surface area contributed by atoms with Gasteiger partial charge in [0.05, 0.1) is 11.3 Å². The highest BCUT2D eigenvalue weighted by molar-refractivity contribution is 7.14. The molecule has 0 bridgehead atoms. The Hall–Kier alpha value is -2.16. The van der Waals surface area contributed by atoms with E-state index in [2.05, 4.69) is 14.9 Å². The molecule has 0 unspecified atom stereocenters. The number of pyridine rings is 1. The Labute approximate surface area is 140 Å². The molecule has 2 aromatic rings. The lowest BCUT2D eigenvalue weighted by atomic mass is 10.2. The Morgan fingerprint density at radius 2 is 1.88 bits per heavy atom. The number of halogens is 3. The molecular weight excluding hydrogens is 341 g/mol. The summed E-state index contributed by atoms with van der Waals surface area (Å²) in [6.07, 6.45) is -3.57. The first-order valence-corrected chi connectivity index (χ1v) is 8.22. The quantitative estimate of drug-likeness (QED) is 0.830. The molecule has 1 fully saturated rings. The van der Waals surface area contributed by atoms with E-state index in [4.69, 9.17) is 0 Å². The Kier molecular flexibility index (Phi) is 4.44. The fourth-order valence-electron chi connectivity index (χ4n) is 2.45. The molecule has 9 heteroatoms. The number of aromatic nitrogens is 2. The van der Waals surface area contributed by atoms with Gasteiger partial charge in [-0.2, -0.15) is 13.2 Å². The van der Waals surface area contributed by atoms with Gasteiger partial charge in [-0.1, -0.05) is 0 Å². The van der Waals surface area contributed by atoms with Crippen molar-refractivity contribution in [2.45, 2.75) is 13.1 Å². The number of hydrogen-bond acceptors (Lipinski definition) is 5. The van der Waals surface area contributed by atoms with Crippen LogP contribution in [0.1, 0.15) is 12.5 Å². The van der Waals surface area contributed by atoms with Gasteiger partial charge in [-0.05, 0) is 12.1 Å². The Balaban J connectivity index is 1.71. The van der Waals surface area contributed by atoms with Crippen molar-refractivity contribution in [1.29, 1.82) is 0 Å². The van der Waals surface area contributed by atoms with Crippen molar-refractivity contribution in [1.82, 2.24) is 14.9 Å². The summed E-state index contributed by atoms with van der Waals surface area (Å²) in [6, 6.07) is 2.34. The number of carbonyl (C=O) groups excluding carboxylic acids is 1. The standard InChI is InChI=1S/C15H15F3N4OS/c1-10(23)21-4-6-22(7-5-21)14-20-13(9-24-14)12-3-2-11(8-19-12)15(16,17)18/h2-3,8-9H,4-7H2,1H3. The van der Waals surface area contributed by atoms with E-state index < -0.39 is 11.7 Å². The van der Waals surface area contributed by atoms with E-state index in [9.17, 15) is 18.0 Å². The molecule has 0 aromatic carbocycles. The van der Waals surface area contributed by atoms with Gasteiger partial charge in [0.2, 0.25) is 5.91 Å². The van der Waals surface area contributed by atoms with Gasteiger partial charge >= 0.3 is 6.18 Å². The monoisotopic (exact) mass is 356 g/mol. The number of piperazine rings is 1. The molecule has 0 N–H and O–H groups in total. The average molecular weight is 356 g/mol. The number of rotatable bonds is 2. The zero-order valence-corrected chi connectivity index (χ0v) is 13.7. The van der Waals surface area contributed by atoms with Gasteiger partial charge in [-0.15, -0.1) is 11.3 Å². The molecule has 0 atom stereocenters. The number of carbonyl (C=O) groups is 1. The molecule has 0 radical (unpaired) electrons. The van der Waals surface area contributed by atoms with E-state index in [0.717, 1.165) is 17.4 Å². The molecule has 1 amide bonds. The van der Waals surface area contributed by atoms with Crippen LogP contribution in [0.3, 0.4) is 0 Å². The highest BCUT2D eigenvalue weighted by Crippen LogP contribution is 2.31. The van der Waals surface area contributed by atoms with Gasteiger partial charge in [-0.25, -0.2) is 4.98 Å². The van der Waals surface area contributed by atoms with E-state index in [1.807, 2.05) is 0 Å². The fourth-order valence-corrected chi connectivity index (χ4v) is 3.33. The highest BCUT2D eigenvalue weighted by atomic mass is 32.1. The lowest BCUT2D eigenvalue weighted by Gasteiger charge is -2.33. The van der Waals surface area contributed by atoms with Crippen LogP contribution in [0.4, 0.5) is 18.3 Å². The molecule has 5 nitrogen and oxygen atoms in total. The SMILES string of the molecule is CC(=O)N1CCN(c2nc(-c3ccc(C(F)(F)F)cn3)cs2)CC1. The number of amides is 1. The summed E-state index contributed by atoms with van der Waals surface area (Å²) in [5.74, 6) is 0.0587. The zero-order chi connectivity index (χ0) is 17.3. The van der Waals surface area contributed by atoms with Crippen LogP contribution in [0.25, 0.3) is 11.4 Å². The predicted molar refractivity (Wildman–Crippen MR) is 84.8 cm³/mol. The van der Waals surface area contributed by atoms with E-state index in [1.54, 1.807) is 17.2 Å². The summed E-state index contributed by atoms with van der Waals surface area (Å²) in [7, 11) is 0. The number of thiazole rings is 1. The second-order valence-electron chi connectivity index (χ2n) is 5.44. The Morgan fingerprint density at radius 3 is 2.42 bits per heavy atom. The van der Waals surface area contributed by atoms with Crippen LogP contribution in [-0.2, 0) is 11.0 Å².